The quantitative estimate of drug-likeness (QED) is 0.808. The standard InChI is InChI=1S/C23H25NO3/c1-26-22(25)18-9-7-17(8-10-18)15-19-16-23(11-4-13-24-14-12-23)27-21-6-3-2-5-20(19)21/h2-3,5-10,15,24H,4,11-14,16H2,1H3/b19-15+. The molecule has 1 saturated heterocycles. The van der Waals surface area contributed by atoms with E-state index in [0.717, 1.165) is 55.6 Å². The lowest BCUT2D eigenvalue weighted by atomic mass is 9.81. The zero-order chi connectivity index (χ0) is 18.7. The fraction of sp³-hybridized carbons (Fsp3) is 0.348. The molecule has 0 aliphatic carbocycles. The number of hydrogen-bond acceptors (Lipinski definition) is 4. The molecule has 1 atom stereocenters. The minimum Gasteiger partial charge on any atom is -0.486 e. The molecule has 0 radical (unpaired) electrons. The first-order valence-electron chi connectivity index (χ1n) is 9.57. The van der Waals surface area contributed by atoms with E-state index in [1.54, 1.807) is 0 Å². The summed E-state index contributed by atoms with van der Waals surface area (Å²) in [6.45, 7) is 2.05. The van der Waals surface area contributed by atoms with Crippen LogP contribution in [0.2, 0.25) is 0 Å². The van der Waals surface area contributed by atoms with Crippen molar-refractivity contribution < 1.29 is 14.3 Å². The number of carbonyl (C=O) groups excluding carboxylic acids is 1. The minimum absolute atomic E-state index is 0.129. The Balaban J connectivity index is 1.69. The molecule has 2 heterocycles. The molecule has 2 aromatic carbocycles. The second kappa shape index (κ2) is 7.57. The van der Waals surface area contributed by atoms with Gasteiger partial charge in [0.25, 0.3) is 0 Å². The Morgan fingerprint density at radius 2 is 1.93 bits per heavy atom. The molecular weight excluding hydrogens is 338 g/mol. The maximum Gasteiger partial charge on any atom is 0.337 e. The van der Waals surface area contributed by atoms with Gasteiger partial charge in [0.1, 0.15) is 11.4 Å². The maximum atomic E-state index is 11.7. The van der Waals surface area contributed by atoms with Crippen LogP contribution in [0.25, 0.3) is 11.6 Å². The van der Waals surface area contributed by atoms with Crippen LogP contribution in [0.4, 0.5) is 0 Å². The molecule has 2 aromatic rings. The van der Waals surface area contributed by atoms with Crippen molar-refractivity contribution >= 4 is 17.6 Å². The Kier molecular flexibility index (Phi) is 4.99. The van der Waals surface area contributed by atoms with Crippen LogP contribution in [0.15, 0.2) is 48.5 Å². The number of para-hydroxylation sites is 1. The lowest BCUT2D eigenvalue weighted by molar-refractivity contribution is 0.0545. The molecule has 4 nitrogen and oxygen atoms in total. The van der Waals surface area contributed by atoms with E-state index in [4.69, 9.17) is 9.47 Å². The van der Waals surface area contributed by atoms with Crippen molar-refractivity contribution in [1.82, 2.24) is 5.32 Å². The van der Waals surface area contributed by atoms with Crippen LogP contribution < -0.4 is 10.1 Å². The van der Waals surface area contributed by atoms with Crippen molar-refractivity contribution in [3.8, 4) is 5.75 Å². The second-order valence-electron chi connectivity index (χ2n) is 7.34. The molecule has 1 spiro atoms. The van der Waals surface area contributed by atoms with Gasteiger partial charge >= 0.3 is 5.97 Å². The summed E-state index contributed by atoms with van der Waals surface area (Å²) in [5, 5.41) is 3.49. The van der Waals surface area contributed by atoms with E-state index in [1.165, 1.54) is 12.7 Å². The summed E-state index contributed by atoms with van der Waals surface area (Å²) in [6.07, 6.45) is 6.34. The van der Waals surface area contributed by atoms with Gasteiger partial charge in [-0.2, -0.15) is 0 Å². The third-order valence-electron chi connectivity index (χ3n) is 5.49. The van der Waals surface area contributed by atoms with E-state index >= 15 is 0 Å². The zero-order valence-electron chi connectivity index (χ0n) is 15.7. The molecule has 0 amide bonds. The van der Waals surface area contributed by atoms with Crippen LogP contribution in [-0.2, 0) is 4.74 Å². The van der Waals surface area contributed by atoms with Crippen LogP contribution in [-0.4, -0.2) is 31.8 Å². The molecule has 2 aliphatic rings. The van der Waals surface area contributed by atoms with Crippen molar-refractivity contribution in [3.05, 3.63) is 65.2 Å². The van der Waals surface area contributed by atoms with Crippen molar-refractivity contribution in [2.75, 3.05) is 20.2 Å². The van der Waals surface area contributed by atoms with Crippen LogP contribution in [0.3, 0.4) is 0 Å². The normalized spacial score (nSPS) is 23.4. The second-order valence-corrected chi connectivity index (χ2v) is 7.34. The van der Waals surface area contributed by atoms with Gasteiger partial charge in [-0.25, -0.2) is 4.79 Å². The summed E-state index contributed by atoms with van der Waals surface area (Å²) in [4.78, 5) is 11.7. The first-order valence-corrected chi connectivity index (χ1v) is 9.57. The van der Waals surface area contributed by atoms with Crippen LogP contribution in [0, 0.1) is 0 Å². The highest BCUT2D eigenvalue weighted by atomic mass is 16.5. The highest BCUT2D eigenvalue weighted by Gasteiger charge is 2.38. The molecule has 0 saturated carbocycles. The van der Waals surface area contributed by atoms with Gasteiger partial charge in [0.15, 0.2) is 0 Å². The van der Waals surface area contributed by atoms with Gasteiger partial charge in [0.05, 0.1) is 12.7 Å². The molecule has 1 N–H and O–H groups in total. The number of carbonyl (C=O) groups is 1. The van der Waals surface area contributed by atoms with Gasteiger partial charge in [-0.15, -0.1) is 0 Å². The summed E-state index contributed by atoms with van der Waals surface area (Å²) < 4.78 is 11.3. The summed E-state index contributed by atoms with van der Waals surface area (Å²) in [6, 6.07) is 15.9. The predicted molar refractivity (Wildman–Crippen MR) is 107 cm³/mol. The average Bonchev–Trinajstić information content (AvgIpc) is 2.93. The van der Waals surface area contributed by atoms with Crippen molar-refractivity contribution in [3.63, 3.8) is 0 Å². The Bertz CT molecular complexity index is 846. The summed E-state index contributed by atoms with van der Waals surface area (Å²) in [5.74, 6) is 0.665. The molecular formula is C23H25NO3. The van der Waals surface area contributed by atoms with E-state index < -0.39 is 0 Å². The topological polar surface area (TPSA) is 47.6 Å². The Morgan fingerprint density at radius 3 is 2.74 bits per heavy atom. The summed E-state index contributed by atoms with van der Waals surface area (Å²) in [7, 11) is 1.40. The van der Waals surface area contributed by atoms with Crippen LogP contribution >= 0.6 is 0 Å². The number of nitrogens with one attached hydrogen (secondary N) is 1. The third-order valence-corrected chi connectivity index (χ3v) is 5.49. The molecule has 4 rings (SSSR count). The predicted octanol–water partition coefficient (Wildman–Crippen LogP) is 4.31. The van der Waals surface area contributed by atoms with E-state index in [9.17, 15) is 4.79 Å². The zero-order valence-corrected chi connectivity index (χ0v) is 15.7. The van der Waals surface area contributed by atoms with Crippen molar-refractivity contribution in [2.24, 2.45) is 0 Å². The van der Waals surface area contributed by atoms with Gasteiger partial charge in [-0.3, -0.25) is 0 Å². The van der Waals surface area contributed by atoms with E-state index in [2.05, 4.69) is 29.6 Å². The molecule has 1 fully saturated rings. The molecule has 1 unspecified atom stereocenters. The molecule has 2 aliphatic heterocycles. The van der Waals surface area contributed by atoms with E-state index in [-0.39, 0.29) is 11.6 Å². The van der Waals surface area contributed by atoms with Gasteiger partial charge in [0.2, 0.25) is 0 Å². The Morgan fingerprint density at radius 1 is 1.11 bits per heavy atom. The maximum absolute atomic E-state index is 11.7. The molecule has 0 bridgehead atoms. The van der Waals surface area contributed by atoms with Crippen molar-refractivity contribution in [2.45, 2.75) is 31.3 Å². The molecule has 4 heteroatoms. The highest BCUT2D eigenvalue weighted by molar-refractivity contribution is 5.90. The van der Waals surface area contributed by atoms with E-state index in [0.29, 0.717) is 5.56 Å². The first kappa shape index (κ1) is 17.8. The number of hydrogen-bond donors (Lipinski definition) is 1. The van der Waals surface area contributed by atoms with Gasteiger partial charge in [-0.1, -0.05) is 36.4 Å². The monoisotopic (exact) mass is 363 g/mol. The van der Waals surface area contributed by atoms with Gasteiger partial charge in [-0.05, 0) is 61.7 Å². The molecule has 140 valence electrons. The van der Waals surface area contributed by atoms with E-state index in [1.807, 2.05) is 30.3 Å². The average molecular weight is 363 g/mol. The lowest BCUT2D eigenvalue weighted by Gasteiger charge is -2.39. The number of methoxy groups -OCH3 is 1. The minimum atomic E-state index is -0.310. The molecule has 27 heavy (non-hydrogen) atoms. The summed E-state index contributed by atoms with van der Waals surface area (Å²) >= 11 is 0. The fourth-order valence-corrected chi connectivity index (χ4v) is 4.08. The van der Waals surface area contributed by atoms with Gasteiger partial charge in [0, 0.05) is 12.0 Å². The van der Waals surface area contributed by atoms with Crippen LogP contribution in [0.1, 0.15) is 47.2 Å². The highest BCUT2D eigenvalue weighted by Crippen LogP contribution is 2.44. The van der Waals surface area contributed by atoms with Crippen LogP contribution in [0.5, 0.6) is 5.75 Å². The first-order chi connectivity index (χ1) is 13.2. The number of ether oxygens (including phenoxy) is 2. The van der Waals surface area contributed by atoms with Crippen molar-refractivity contribution in [1.29, 1.82) is 0 Å². The number of benzene rings is 2. The van der Waals surface area contributed by atoms with Gasteiger partial charge < -0.3 is 14.8 Å². The fourth-order valence-electron chi connectivity index (χ4n) is 4.08. The summed E-state index contributed by atoms with van der Waals surface area (Å²) in [5.41, 5.74) is 3.98. The Hall–Kier alpha value is -2.59. The smallest absolute Gasteiger partial charge is 0.337 e. The number of esters is 1. The number of fused-ring (bicyclic) bond motifs is 1. The molecule has 0 aromatic heterocycles. The third kappa shape index (κ3) is 3.76. The number of rotatable bonds is 2. The lowest BCUT2D eigenvalue weighted by Crippen LogP contribution is -2.39. The largest absolute Gasteiger partial charge is 0.486 e. The SMILES string of the molecule is COC(=O)c1ccc(/C=C2\CC3(CCCNCC3)Oc3ccccc32)cc1. The Labute approximate surface area is 160 Å².